The number of carbonyl (C=O) groups is 1. The smallest absolute Gasteiger partial charge is 0.193 e. The first-order valence-corrected chi connectivity index (χ1v) is 55.9. The summed E-state index contributed by atoms with van der Waals surface area (Å²) in [6.45, 7) is 71.9. The molecule has 23 heteroatoms. The molecule has 0 aliphatic carbocycles. The highest BCUT2D eigenvalue weighted by Gasteiger charge is 2.60. The quantitative estimate of drug-likeness (QED) is 0.0296. The Balaban J connectivity index is 1.33. The van der Waals surface area contributed by atoms with Crippen molar-refractivity contribution in [1.29, 1.82) is 0 Å². The number of aryl methyl sites for hydroxylation is 1. The topological polar surface area (TPSA) is 177 Å². The van der Waals surface area contributed by atoms with E-state index in [4.69, 9.17) is 66.6 Å². The highest BCUT2D eigenvalue weighted by atomic mass is 127. The molecule has 6 fully saturated rings. The molecule has 103 heavy (non-hydrogen) atoms. The zero-order valence-electron chi connectivity index (χ0n) is 69.2. The molecular formula is C80H142IO16SSi5-. The van der Waals surface area contributed by atoms with E-state index in [2.05, 4.69) is 218 Å². The van der Waals surface area contributed by atoms with Gasteiger partial charge in [-0.05, 0) is 198 Å². The fourth-order valence-electron chi connectivity index (χ4n) is 14.4. The number of rotatable bonds is 31. The maximum Gasteiger partial charge on any atom is 0.193 e. The molecule has 7 unspecified atom stereocenters. The summed E-state index contributed by atoms with van der Waals surface area (Å²) >= 11 is -0.422. The van der Waals surface area contributed by atoms with E-state index in [9.17, 15) is 8.76 Å². The van der Waals surface area contributed by atoms with Crippen molar-refractivity contribution in [2.45, 2.75) is 394 Å². The van der Waals surface area contributed by atoms with Gasteiger partial charge in [-0.2, -0.15) is 0 Å². The molecule has 1 aromatic rings. The lowest BCUT2D eigenvalue weighted by molar-refractivity contribution is -0.268. The molecule has 19 atom stereocenters. The second kappa shape index (κ2) is 35.3. The van der Waals surface area contributed by atoms with E-state index < -0.39 is 132 Å². The molecular weight excluding hydrogens is 1520 g/mol. The number of carbonyl (C=O) groups excluding carboxylic acids is 1. The van der Waals surface area contributed by atoms with Gasteiger partial charge >= 0.3 is 0 Å². The number of ether oxygens (including phenoxy) is 8. The number of fused-ring (bicyclic) bond motifs is 1. The fraction of sp³-hybridized carbons (Fsp3) is 0.838. The monoisotopic (exact) mass is 1660 g/mol. The van der Waals surface area contributed by atoms with E-state index in [0.29, 0.717) is 57.5 Å². The third kappa shape index (κ3) is 22.3. The van der Waals surface area contributed by atoms with Gasteiger partial charge in [-0.15, -0.1) is 0 Å². The van der Waals surface area contributed by atoms with Crippen LogP contribution in [0.3, 0.4) is 0 Å². The Morgan fingerprint density at radius 2 is 1.25 bits per heavy atom. The lowest BCUT2D eigenvalue weighted by atomic mass is 9.77. The second-order valence-corrected chi connectivity index (χ2v) is 64.3. The summed E-state index contributed by atoms with van der Waals surface area (Å²) in [7, 11) is -10.8. The number of hydrogen-bond acceptors (Lipinski definition) is 16. The van der Waals surface area contributed by atoms with Gasteiger partial charge in [0.05, 0.1) is 92.9 Å². The molecule has 0 N–H and O–H groups in total. The Morgan fingerprint density at radius 1 is 0.689 bits per heavy atom. The van der Waals surface area contributed by atoms with Crippen molar-refractivity contribution >= 4 is 81.0 Å². The highest BCUT2D eigenvalue weighted by molar-refractivity contribution is 14.1. The average molecular weight is 1660 g/mol. The van der Waals surface area contributed by atoms with Crippen molar-refractivity contribution in [2.24, 2.45) is 11.8 Å². The Hall–Kier alpha value is -0.486. The summed E-state index contributed by atoms with van der Waals surface area (Å²) in [6.07, 6.45) is 2.25. The normalized spacial score (nSPS) is 30.7. The van der Waals surface area contributed by atoms with Gasteiger partial charge in [0, 0.05) is 43.6 Å². The van der Waals surface area contributed by atoms with Crippen LogP contribution in [0, 0.1) is 11.8 Å². The van der Waals surface area contributed by atoms with Crippen LogP contribution in [0.4, 0.5) is 0 Å². The van der Waals surface area contributed by atoms with Gasteiger partial charge in [-0.1, -0.05) is 166 Å². The molecule has 0 bridgehead atoms. The minimum Gasteiger partial charge on any atom is -0.768 e. The number of halogens is 1. The van der Waals surface area contributed by atoms with Crippen LogP contribution in [0.5, 0.6) is 0 Å². The summed E-state index contributed by atoms with van der Waals surface area (Å²) in [5.41, 5.74) is 3.44. The molecule has 0 aromatic heterocycles. The standard InChI is InChI=1S/C80H143IO16SSi5/c1-31-54-32-38-68(98(83)84)59(46-54)70(62-36-37-63-72(92-62)74(96-102(27,28)79(14,15)16)75(97-103(29,30)80(17,18)19)73(93-63)64(40-41-81)95-101(25,26)78(11,12)13)60(82)48-58-66(91-67(71(58)85-20)47-57(94-100(23,24)77(8,9)10)50-88-99(21,22)76(5,6)7)49-65-53(4)51(2)44-55(90-65)33-35-61-52(3)45-56(89-61)34-39-69-86-42-43-87-69/h32,38,40-41,46,51,55-58,61-67,69-75H,3-4,31,33-37,39,42-45,47-50H2,1-2,5-30H3,(H,83,84)/p-1/b41-40+/t51-,55+,56+,57?,58?,61+,62-,63+,64?,65-,66+,67-,70?,71-,72+,73+,74?,75?/m1/s1. The summed E-state index contributed by atoms with van der Waals surface area (Å²) in [6, 6.07) is 5.45. The van der Waals surface area contributed by atoms with Crippen molar-refractivity contribution in [1.82, 2.24) is 0 Å². The number of methoxy groups -OCH3 is 1. The maximum atomic E-state index is 16.9. The Morgan fingerprint density at radius 3 is 1.81 bits per heavy atom. The van der Waals surface area contributed by atoms with Crippen molar-refractivity contribution in [2.75, 3.05) is 26.9 Å². The third-order valence-corrected chi connectivity index (χ3v) is 49.8. The second-order valence-electron chi connectivity index (χ2n) is 38.8. The van der Waals surface area contributed by atoms with Gasteiger partial charge in [-0.25, -0.2) is 0 Å². The third-order valence-electron chi connectivity index (χ3n) is 26.2. The summed E-state index contributed by atoms with van der Waals surface area (Å²) in [4.78, 5) is 17.0. The van der Waals surface area contributed by atoms with Crippen molar-refractivity contribution in [3.63, 3.8) is 0 Å². The maximum absolute atomic E-state index is 16.9. The van der Waals surface area contributed by atoms with E-state index in [-0.39, 0.29) is 78.9 Å². The van der Waals surface area contributed by atoms with Crippen LogP contribution in [0.2, 0.25) is 90.7 Å². The molecule has 6 saturated heterocycles. The van der Waals surface area contributed by atoms with Gasteiger partial charge < -0.3 is 64.6 Å². The van der Waals surface area contributed by atoms with Crippen LogP contribution < -0.4 is 0 Å². The molecule has 7 rings (SSSR count). The minimum atomic E-state index is -2.72. The van der Waals surface area contributed by atoms with Gasteiger partial charge in [0.25, 0.3) is 0 Å². The lowest BCUT2D eigenvalue weighted by Crippen LogP contribution is -2.69. The first-order chi connectivity index (χ1) is 47.3. The average Bonchev–Trinajstić information content (AvgIpc) is 1.32. The van der Waals surface area contributed by atoms with Crippen LogP contribution >= 0.6 is 22.6 Å². The highest BCUT2D eigenvalue weighted by Crippen LogP contribution is 2.51. The van der Waals surface area contributed by atoms with Gasteiger partial charge in [-0.3, -0.25) is 9.00 Å². The number of ketones is 1. The minimum absolute atomic E-state index is 0.0119. The molecule has 6 heterocycles. The number of benzene rings is 1. The molecule has 6 aliphatic rings. The van der Waals surface area contributed by atoms with E-state index in [1.54, 1.807) is 13.2 Å². The van der Waals surface area contributed by atoms with Gasteiger partial charge in [0.1, 0.15) is 30.2 Å². The first kappa shape index (κ1) is 89.7. The van der Waals surface area contributed by atoms with Crippen molar-refractivity contribution in [3.8, 4) is 0 Å². The Labute approximate surface area is 646 Å². The summed E-state index contributed by atoms with van der Waals surface area (Å²) in [5.74, 6) is -1.59. The molecule has 0 spiro atoms. The number of hydrogen-bond donors (Lipinski definition) is 0. The van der Waals surface area contributed by atoms with Crippen LogP contribution in [0.1, 0.15) is 205 Å². The van der Waals surface area contributed by atoms with E-state index >= 15 is 4.79 Å². The van der Waals surface area contributed by atoms with E-state index in [0.717, 1.165) is 55.2 Å². The molecule has 0 radical (unpaired) electrons. The molecule has 6 aliphatic heterocycles. The van der Waals surface area contributed by atoms with Crippen molar-refractivity contribution in [3.05, 3.63) is 63.8 Å². The summed E-state index contributed by atoms with van der Waals surface area (Å²) in [5, 5.41) is -0.679. The Kier molecular flexibility index (Phi) is 30.7. The van der Waals surface area contributed by atoms with Crippen LogP contribution in [0.25, 0.3) is 0 Å². The van der Waals surface area contributed by atoms with E-state index in [1.165, 1.54) is 0 Å². The zero-order chi connectivity index (χ0) is 77.3. The van der Waals surface area contributed by atoms with Gasteiger partial charge in [0.15, 0.2) is 47.9 Å². The molecule has 0 saturated carbocycles. The largest absolute Gasteiger partial charge is 0.768 e. The molecule has 592 valence electrons. The SMILES string of the molecule is C=C1C[C@H](CCC2OCCO2)O[C@H]1CC[C@H]1C[C@@H](C)C(=C)[C@@H](C[C@@H]2O[C@H](CC(CO[Si](C)(C)C(C)(C)C)O[Si](C)(C)C(C)(C)C)[C@H](OC)C2CC(=O)C(c2cc(CC)ccc2S(=O)[O-])[C@H]2CC[C@@H]3O[C@@H](C(/C=C/I)O[Si](C)(C)C(C)(C)C)C(O[Si](C)(C)C(C)(C)C)C(O[Si](C)(C)C(C)(C)C)[C@H]3O2)O1. The predicted molar refractivity (Wildman–Crippen MR) is 437 cm³/mol. The fourth-order valence-corrected chi connectivity index (χ4v) is 21.6. The van der Waals surface area contributed by atoms with Crippen molar-refractivity contribution < 1.29 is 73.6 Å². The van der Waals surface area contributed by atoms with Crippen LogP contribution in [-0.4, -0.2) is 181 Å². The first-order valence-electron chi connectivity index (χ1n) is 39.0. The molecule has 16 nitrogen and oxygen atoms in total. The molecule has 0 amide bonds. The zero-order valence-corrected chi connectivity index (χ0v) is 77.2. The van der Waals surface area contributed by atoms with Gasteiger partial charge in [0.2, 0.25) is 0 Å². The Bertz CT molecular complexity index is 3030. The lowest BCUT2D eigenvalue weighted by Gasteiger charge is -2.56. The predicted octanol–water partition coefficient (Wildman–Crippen LogP) is 19.6. The molecule has 1 aromatic carbocycles. The van der Waals surface area contributed by atoms with Crippen LogP contribution in [0.15, 0.2) is 57.6 Å². The number of Topliss-reactive ketones (excluding diaryl/α,β-unsaturated/α-hetero) is 1. The van der Waals surface area contributed by atoms with E-state index in [1.807, 2.05) is 16.2 Å². The van der Waals surface area contributed by atoms with Crippen LogP contribution in [-0.2, 0) is 82.3 Å². The summed E-state index contributed by atoms with van der Waals surface area (Å²) < 4.78 is 123.